The summed E-state index contributed by atoms with van der Waals surface area (Å²) in [6, 6.07) is 0.0426. The second kappa shape index (κ2) is 5.04. The van der Waals surface area contributed by atoms with Gasteiger partial charge in [-0.2, -0.15) is 0 Å². The normalized spacial score (nSPS) is 30.9. The number of alkyl carbamates (subject to hydrolysis) is 1. The SMILES string of the molecule is C[C@@H]1CC[C@@H](NC(=O)OC(C)(C)C)CC1O. The highest BCUT2D eigenvalue weighted by Gasteiger charge is 2.28. The zero-order valence-corrected chi connectivity index (χ0v) is 10.6. The summed E-state index contributed by atoms with van der Waals surface area (Å²) in [4.78, 5) is 11.5. The molecule has 1 aliphatic rings. The summed E-state index contributed by atoms with van der Waals surface area (Å²) in [6.45, 7) is 7.55. The Morgan fingerprint density at radius 1 is 1.38 bits per heavy atom. The van der Waals surface area contributed by atoms with Crippen molar-refractivity contribution in [2.45, 2.75) is 64.7 Å². The maximum absolute atomic E-state index is 11.5. The van der Waals surface area contributed by atoms with Gasteiger partial charge in [0, 0.05) is 6.04 Å². The molecule has 4 nitrogen and oxygen atoms in total. The summed E-state index contributed by atoms with van der Waals surface area (Å²) >= 11 is 0. The van der Waals surface area contributed by atoms with E-state index in [1.165, 1.54) is 0 Å². The van der Waals surface area contributed by atoms with Gasteiger partial charge in [0.15, 0.2) is 0 Å². The zero-order chi connectivity index (χ0) is 12.3. The fourth-order valence-corrected chi connectivity index (χ4v) is 1.90. The molecule has 2 N–H and O–H groups in total. The van der Waals surface area contributed by atoms with E-state index in [9.17, 15) is 9.90 Å². The molecule has 16 heavy (non-hydrogen) atoms. The molecule has 1 fully saturated rings. The summed E-state index contributed by atoms with van der Waals surface area (Å²) < 4.78 is 5.17. The number of aliphatic hydroxyl groups is 1. The average molecular weight is 229 g/mol. The Balaban J connectivity index is 2.35. The minimum atomic E-state index is -0.468. The summed E-state index contributed by atoms with van der Waals surface area (Å²) in [6.07, 6.45) is 1.78. The van der Waals surface area contributed by atoms with Crippen LogP contribution in [0.1, 0.15) is 47.0 Å². The van der Waals surface area contributed by atoms with Crippen LogP contribution < -0.4 is 5.32 Å². The van der Waals surface area contributed by atoms with Crippen LogP contribution in [0.25, 0.3) is 0 Å². The van der Waals surface area contributed by atoms with Crippen molar-refractivity contribution in [1.82, 2.24) is 5.32 Å². The third-order valence-electron chi connectivity index (χ3n) is 2.87. The summed E-state index contributed by atoms with van der Waals surface area (Å²) in [5.74, 6) is 0.330. The topological polar surface area (TPSA) is 58.6 Å². The minimum absolute atomic E-state index is 0.0426. The van der Waals surface area contributed by atoms with Crippen LogP contribution >= 0.6 is 0 Å². The van der Waals surface area contributed by atoms with Crippen molar-refractivity contribution in [2.24, 2.45) is 5.92 Å². The lowest BCUT2D eigenvalue weighted by atomic mass is 9.85. The van der Waals surface area contributed by atoms with Gasteiger partial charge in [-0.3, -0.25) is 0 Å². The Labute approximate surface area is 97.4 Å². The summed E-state index contributed by atoms with van der Waals surface area (Å²) in [5, 5.41) is 12.5. The van der Waals surface area contributed by atoms with Crippen molar-refractivity contribution in [3.63, 3.8) is 0 Å². The molecular weight excluding hydrogens is 206 g/mol. The number of carbonyl (C=O) groups is 1. The van der Waals surface area contributed by atoms with E-state index in [2.05, 4.69) is 5.32 Å². The van der Waals surface area contributed by atoms with Crippen molar-refractivity contribution < 1.29 is 14.6 Å². The molecule has 94 valence electrons. The molecule has 1 amide bonds. The summed E-state index contributed by atoms with van der Waals surface area (Å²) in [5.41, 5.74) is -0.468. The molecule has 1 rings (SSSR count). The van der Waals surface area contributed by atoms with Gasteiger partial charge in [-0.1, -0.05) is 6.92 Å². The predicted octanol–water partition coefficient (Wildman–Crippen LogP) is 2.06. The molecule has 1 saturated carbocycles. The molecule has 0 radical (unpaired) electrons. The van der Waals surface area contributed by atoms with E-state index in [-0.39, 0.29) is 18.2 Å². The number of amides is 1. The van der Waals surface area contributed by atoms with Crippen LogP contribution in [0.3, 0.4) is 0 Å². The quantitative estimate of drug-likeness (QED) is 0.723. The lowest BCUT2D eigenvalue weighted by Gasteiger charge is -2.32. The van der Waals surface area contributed by atoms with E-state index in [1.807, 2.05) is 27.7 Å². The number of ether oxygens (including phenoxy) is 1. The highest BCUT2D eigenvalue weighted by atomic mass is 16.6. The van der Waals surface area contributed by atoms with Crippen LogP contribution in [-0.2, 0) is 4.74 Å². The van der Waals surface area contributed by atoms with Crippen LogP contribution in [0, 0.1) is 5.92 Å². The van der Waals surface area contributed by atoms with E-state index in [1.54, 1.807) is 0 Å². The lowest BCUT2D eigenvalue weighted by molar-refractivity contribution is 0.0370. The van der Waals surface area contributed by atoms with E-state index in [0.29, 0.717) is 12.3 Å². The van der Waals surface area contributed by atoms with Gasteiger partial charge in [0.2, 0.25) is 0 Å². The van der Waals surface area contributed by atoms with Gasteiger partial charge in [0.1, 0.15) is 5.60 Å². The Hall–Kier alpha value is -0.770. The number of rotatable bonds is 1. The number of hydrogen-bond donors (Lipinski definition) is 2. The molecule has 0 aromatic heterocycles. The molecule has 3 atom stereocenters. The number of carbonyl (C=O) groups excluding carboxylic acids is 1. The molecule has 0 saturated heterocycles. The maximum Gasteiger partial charge on any atom is 0.407 e. The van der Waals surface area contributed by atoms with Crippen LogP contribution in [0.15, 0.2) is 0 Å². The second-order valence-corrected chi connectivity index (χ2v) is 5.70. The minimum Gasteiger partial charge on any atom is -0.444 e. The Morgan fingerprint density at radius 2 is 2.00 bits per heavy atom. The van der Waals surface area contributed by atoms with Gasteiger partial charge in [-0.15, -0.1) is 0 Å². The maximum atomic E-state index is 11.5. The highest BCUT2D eigenvalue weighted by Crippen LogP contribution is 2.24. The summed E-state index contributed by atoms with van der Waals surface area (Å²) in [7, 11) is 0. The fourth-order valence-electron chi connectivity index (χ4n) is 1.90. The third kappa shape index (κ3) is 4.39. The van der Waals surface area contributed by atoms with Crippen molar-refractivity contribution >= 4 is 6.09 Å². The molecule has 4 heteroatoms. The molecule has 0 aromatic carbocycles. The molecule has 1 unspecified atom stereocenters. The number of nitrogens with one attached hydrogen (secondary N) is 1. The largest absolute Gasteiger partial charge is 0.444 e. The van der Waals surface area contributed by atoms with Crippen LogP contribution in [0.5, 0.6) is 0 Å². The Morgan fingerprint density at radius 3 is 2.50 bits per heavy atom. The van der Waals surface area contributed by atoms with Gasteiger partial charge in [-0.25, -0.2) is 4.79 Å². The molecule has 0 heterocycles. The van der Waals surface area contributed by atoms with Gasteiger partial charge in [0.25, 0.3) is 0 Å². The van der Waals surface area contributed by atoms with E-state index < -0.39 is 5.60 Å². The van der Waals surface area contributed by atoms with Crippen LogP contribution in [0.4, 0.5) is 4.79 Å². The first-order chi connectivity index (χ1) is 7.28. The fraction of sp³-hybridized carbons (Fsp3) is 0.917. The van der Waals surface area contributed by atoms with Crippen molar-refractivity contribution in [2.75, 3.05) is 0 Å². The van der Waals surface area contributed by atoms with Gasteiger partial charge >= 0.3 is 6.09 Å². The van der Waals surface area contributed by atoms with Crippen LogP contribution in [0.2, 0.25) is 0 Å². The highest BCUT2D eigenvalue weighted by molar-refractivity contribution is 5.68. The van der Waals surface area contributed by atoms with Gasteiger partial charge in [-0.05, 0) is 46.0 Å². The third-order valence-corrected chi connectivity index (χ3v) is 2.87. The Bertz CT molecular complexity index is 247. The van der Waals surface area contributed by atoms with Gasteiger partial charge in [0.05, 0.1) is 6.10 Å². The smallest absolute Gasteiger partial charge is 0.407 e. The van der Waals surface area contributed by atoms with Crippen molar-refractivity contribution in [3.8, 4) is 0 Å². The average Bonchev–Trinajstić information content (AvgIpc) is 2.08. The predicted molar refractivity (Wildman–Crippen MR) is 62.2 cm³/mol. The van der Waals surface area contributed by atoms with Crippen molar-refractivity contribution in [1.29, 1.82) is 0 Å². The zero-order valence-electron chi connectivity index (χ0n) is 10.6. The first-order valence-corrected chi connectivity index (χ1v) is 5.95. The van der Waals surface area contributed by atoms with E-state index in [0.717, 1.165) is 12.8 Å². The number of aliphatic hydroxyl groups excluding tert-OH is 1. The van der Waals surface area contributed by atoms with Crippen LogP contribution in [-0.4, -0.2) is 28.9 Å². The second-order valence-electron chi connectivity index (χ2n) is 5.70. The molecule has 1 aliphatic carbocycles. The van der Waals surface area contributed by atoms with Gasteiger partial charge < -0.3 is 15.2 Å². The molecule has 0 aliphatic heterocycles. The Kier molecular flexibility index (Phi) is 4.19. The monoisotopic (exact) mass is 229 g/mol. The lowest BCUT2D eigenvalue weighted by Crippen LogP contribution is -2.44. The molecular formula is C12H23NO3. The first-order valence-electron chi connectivity index (χ1n) is 5.95. The molecule has 0 bridgehead atoms. The molecule has 0 spiro atoms. The standard InChI is InChI=1S/C12H23NO3/c1-8-5-6-9(7-10(8)14)13-11(15)16-12(2,3)4/h8-10,14H,5-7H2,1-4H3,(H,13,15)/t8-,9-,10?/m1/s1. The molecule has 0 aromatic rings. The van der Waals surface area contributed by atoms with E-state index in [4.69, 9.17) is 4.74 Å². The van der Waals surface area contributed by atoms with E-state index >= 15 is 0 Å². The first kappa shape index (κ1) is 13.3. The number of hydrogen-bond acceptors (Lipinski definition) is 3. The van der Waals surface area contributed by atoms with Crippen molar-refractivity contribution in [3.05, 3.63) is 0 Å².